The van der Waals surface area contributed by atoms with Crippen LogP contribution in [0.25, 0.3) is 0 Å². The van der Waals surface area contributed by atoms with Crippen LogP contribution in [0.3, 0.4) is 0 Å². The van der Waals surface area contributed by atoms with E-state index in [2.05, 4.69) is 74.5 Å². The number of rotatable bonds is 8. The number of benzene rings is 2. The minimum atomic E-state index is 0. The summed E-state index contributed by atoms with van der Waals surface area (Å²) in [6.45, 7) is 8.31. The quantitative estimate of drug-likeness (QED) is 0.607. The molecule has 120 valence electrons. The highest BCUT2D eigenvalue weighted by molar-refractivity contribution is 5.32. The molecule has 2 rings (SSSR count). The summed E-state index contributed by atoms with van der Waals surface area (Å²) in [4.78, 5) is 1.70. The molecular formula is C20H28IN. The first-order chi connectivity index (χ1) is 10.3. The highest BCUT2D eigenvalue weighted by Crippen LogP contribution is 2.28. The summed E-state index contributed by atoms with van der Waals surface area (Å²) in [5.74, 6) is 0.530. The van der Waals surface area contributed by atoms with Gasteiger partial charge in [0.1, 0.15) is 0 Å². The zero-order chi connectivity index (χ0) is 14.9. The number of nitrogens with one attached hydrogen (secondary N) is 1. The molecule has 0 unspecified atom stereocenters. The normalized spacial score (nSPS) is 10.7. The van der Waals surface area contributed by atoms with Crippen LogP contribution in [0.1, 0.15) is 43.7 Å². The average molecular weight is 409 g/mol. The van der Waals surface area contributed by atoms with Gasteiger partial charge in [-0.05, 0) is 37.8 Å². The Labute approximate surface area is 152 Å². The van der Waals surface area contributed by atoms with E-state index in [1.807, 2.05) is 0 Å². The maximum absolute atomic E-state index is 2.28. The van der Waals surface area contributed by atoms with Crippen molar-refractivity contribution in [1.29, 1.82) is 0 Å². The SMILES string of the molecule is CC[NH+](CC)CCCC(c1ccccc1)c1ccccc1.[I-]. The Hall–Kier alpha value is -0.870. The third-order valence-corrected chi connectivity index (χ3v) is 4.43. The van der Waals surface area contributed by atoms with E-state index in [4.69, 9.17) is 0 Å². The van der Waals surface area contributed by atoms with Crippen molar-refractivity contribution in [2.75, 3.05) is 19.6 Å². The molecule has 0 saturated carbocycles. The van der Waals surface area contributed by atoms with E-state index in [9.17, 15) is 0 Å². The third kappa shape index (κ3) is 5.73. The van der Waals surface area contributed by atoms with Crippen molar-refractivity contribution in [3.8, 4) is 0 Å². The molecular weight excluding hydrogens is 381 g/mol. The molecule has 0 saturated heterocycles. The van der Waals surface area contributed by atoms with Crippen LogP contribution in [0.2, 0.25) is 0 Å². The lowest BCUT2D eigenvalue weighted by molar-refractivity contribution is -0.896. The Morgan fingerprint density at radius 2 is 1.23 bits per heavy atom. The molecule has 0 heterocycles. The molecule has 0 amide bonds. The molecule has 0 bridgehead atoms. The standard InChI is InChI=1S/C20H27N.HI/c1-3-21(4-2)17-11-16-20(18-12-7-5-8-13-18)19-14-9-6-10-15-19;/h5-10,12-15,20H,3-4,11,16-17H2,1-2H3;1H. The van der Waals surface area contributed by atoms with E-state index in [1.54, 1.807) is 4.90 Å². The van der Waals surface area contributed by atoms with Crippen LogP contribution < -0.4 is 28.9 Å². The lowest BCUT2D eigenvalue weighted by Gasteiger charge is -2.20. The highest BCUT2D eigenvalue weighted by atomic mass is 127. The molecule has 0 fully saturated rings. The molecule has 2 aromatic rings. The van der Waals surface area contributed by atoms with Gasteiger partial charge in [-0.1, -0.05) is 60.7 Å². The zero-order valence-electron chi connectivity index (χ0n) is 13.8. The monoisotopic (exact) mass is 409 g/mol. The summed E-state index contributed by atoms with van der Waals surface area (Å²) in [6, 6.07) is 21.9. The Balaban J connectivity index is 0.00000242. The lowest BCUT2D eigenvalue weighted by atomic mass is 9.87. The molecule has 0 atom stereocenters. The van der Waals surface area contributed by atoms with Crippen LogP contribution in [-0.2, 0) is 0 Å². The fourth-order valence-corrected chi connectivity index (χ4v) is 3.06. The topological polar surface area (TPSA) is 4.44 Å². The maximum atomic E-state index is 2.28. The van der Waals surface area contributed by atoms with Crippen LogP contribution in [0, 0.1) is 0 Å². The van der Waals surface area contributed by atoms with Crippen LogP contribution in [0.4, 0.5) is 0 Å². The summed E-state index contributed by atoms with van der Waals surface area (Å²) < 4.78 is 0. The minimum absolute atomic E-state index is 0. The lowest BCUT2D eigenvalue weighted by Crippen LogP contribution is -3.11. The van der Waals surface area contributed by atoms with Crippen LogP contribution >= 0.6 is 0 Å². The first-order valence-corrected chi connectivity index (χ1v) is 8.28. The van der Waals surface area contributed by atoms with Gasteiger partial charge in [0.2, 0.25) is 0 Å². The van der Waals surface area contributed by atoms with Gasteiger partial charge in [0.25, 0.3) is 0 Å². The fourth-order valence-electron chi connectivity index (χ4n) is 3.06. The third-order valence-electron chi connectivity index (χ3n) is 4.43. The van der Waals surface area contributed by atoms with Gasteiger partial charge >= 0.3 is 0 Å². The number of hydrogen-bond acceptors (Lipinski definition) is 0. The Kier molecular flexibility index (Phi) is 9.41. The Bertz CT molecular complexity index is 454. The van der Waals surface area contributed by atoms with Crippen LogP contribution in [0.5, 0.6) is 0 Å². The molecule has 0 aromatic heterocycles. The first kappa shape index (κ1) is 19.2. The van der Waals surface area contributed by atoms with E-state index in [1.165, 1.54) is 43.6 Å². The van der Waals surface area contributed by atoms with Gasteiger partial charge in [-0.15, -0.1) is 0 Å². The highest BCUT2D eigenvalue weighted by Gasteiger charge is 2.14. The van der Waals surface area contributed by atoms with E-state index in [0.29, 0.717) is 5.92 Å². The zero-order valence-corrected chi connectivity index (χ0v) is 15.9. The second-order valence-corrected chi connectivity index (χ2v) is 5.72. The van der Waals surface area contributed by atoms with Gasteiger partial charge in [0, 0.05) is 5.92 Å². The summed E-state index contributed by atoms with van der Waals surface area (Å²) in [5.41, 5.74) is 2.89. The molecule has 0 spiro atoms. The van der Waals surface area contributed by atoms with Crippen LogP contribution in [0.15, 0.2) is 60.7 Å². The second kappa shape index (κ2) is 10.8. The molecule has 2 aromatic carbocycles. The molecule has 0 radical (unpaired) electrons. The van der Waals surface area contributed by atoms with Crippen molar-refractivity contribution >= 4 is 0 Å². The van der Waals surface area contributed by atoms with Crippen molar-refractivity contribution in [2.45, 2.75) is 32.6 Å². The van der Waals surface area contributed by atoms with E-state index in [0.717, 1.165) is 0 Å². The van der Waals surface area contributed by atoms with Crippen molar-refractivity contribution in [3.63, 3.8) is 0 Å². The van der Waals surface area contributed by atoms with Gasteiger partial charge in [-0.2, -0.15) is 0 Å². The number of halogens is 1. The second-order valence-electron chi connectivity index (χ2n) is 5.72. The van der Waals surface area contributed by atoms with Crippen molar-refractivity contribution in [3.05, 3.63) is 71.8 Å². The minimum Gasteiger partial charge on any atom is -1.00 e. The summed E-state index contributed by atoms with van der Waals surface area (Å²) in [7, 11) is 0. The van der Waals surface area contributed by atoms with E-state index >= 15 is 0 Å². The smallest absolute Gasteiger partial charge is 0.0771 e. The molecule has 0 aliphatic heterocycles. The molecule has 1 N–H and O–H groups in total. The predicted octanol–water partition coefficient (Wildman–Crippen LogP) is 0.527. The summed E-state index contributed by atoms with van der Waals surface area (Å²) in [5, 5.41) is 0. The van der Waals surface area contributed by atoms with Crippen molar-refractivity contribution in [2.24, 2.45) is 0 Å². The van der Waals surface area contributed by atoms with Crippen LogP contribution in [-0.4, -0.2) is 19.6 Å². The van der Waals surface area contributed by atoms with Gasteiger partial charge in [0.05, 0.1) is 19.6 Å². The Morgan fingerprint density at radius 1 is 0.773 bits per heavy atom. The van der Waals surface area contributed by atoms with Crippen molar-refractivity contribution < 1.29 is 28.9 Å². The molecule has 2 heteroatoms. The first-order valence-electron chi connectivity index (χ1n) is 8.28. The Morgan fingerprint density at radius 3 is 1.64 bits per heavy atom. The molecule has 1 nitrogen and oxygen atoms in total. The number of hydrogen-bond donors (Lipinski definition) is 1. The van der Waals surface area contributed by atoms with E-state index in [-0.39, 0.29) is 24.0 Å². The largest absolute Gasteiger partial charge is 1.00 e. The van der Waals surface area contributed by atoms with E-state index < -0.39 is 0 Å². The summed E-state index contributed by atoms with van der Waals surface area (Å²) in [6.07, 6.45) is 2.52. The average Bonchev–Trinajstić information content (AvgIpc) is 2.57. The fraction of sp³-hybridized carbons (Fsp3) is 0.400. The van der Waals surface area contributed by atoms with Gasteiger partial charge in [-0.25, -0.2) is 0 Å². The number of quaternary nitrogens is 1. The van der Waals surface area contributed by atoms with Gasteiger partial charge in [0.15, 0.2) is 0 Å². The molecule has 22 heavy (non-hydrogen) atoms. The van der Waals surface area contributed by atoms with Crippen molar-refractivity contribution in [1.82, 2.24) is 0 Å². The molecule has 0 aliphatic carbocycles. The predicted molar refractivity (Wildman–Crippen MR) is 90.9 cm³/mol. The maximum Gasteiger partial charge on any atom is 0.0771 e. The molecule has 0 aliphatic rings. The van der Waals surface area contributed by atoms with Gasteiger partial charge < -0.3 is 28.9 Å². The summed E-state index contributed by atoms with van der Waals surface area (Å²) >= 11 is 0. The van der Waals surface area contributed by atoms with Gasteiger partial charge in [-0.3, -0.25) is 0 Å².